The van der Waals surface area contributed by atoms with Gasteiger partial charge in [0.15, 0.2) is 0 Å². The lowest BCUT2D eigenvalue weighted by Gasteiger charge is -2.36. The van der Waals surface area contributed by atoms with Crippen LogP contribution in [-0.2, 0) is 4.74 Å². The number of rotatable bonds is 3. The number of aromatic nitrogens is 1. The highest BCUT2D eigenvalue weighted by molar-refractivity contribution is 5.93. The van der Waals surface area contributed by atoms with Crippen LogP contribution in [0.25, 0.3) is 0 Å². The van der Waals surface area contributed by atoms with Gasteiger partial charge in [-0.1, -0.05) is 0 Å². The van der Waals surface area contributed by atoms with E-state index in [9.17, 15) is 4.79 Å². The van der Waals surface area contributed by atoms with Crippen LogP contribution < -0.4 is 5.32 Å². The highest BCUT2D eigenvalue weighted by Crippen LogP contribution is 2.25. The largest absolute Gasteiger partial charge is 0.375 e. The Morgan fingerprint density at radius 3 is 2.75 bits per heavy atom. The fraction of sp³-hybridized carbons (Fsp3) is 0.600. The van der Waals surface area contributed by atoms with Gasteiger partial charge in [-0.15, -0.1) is 0 Å². The van der Waals surface area contributed by atoms with Crippen molar-refractivity contribution in [3.63, 3.8) is 0 Å². The average molecular weight is 277 g/mol. The number of nitrogens with zero attached hydrogens (tertiary/aromatic N) is 2. The molecule has 2 heterocycles. The molecule has 5 heteroatoms. The standard InChI is InChI=1S/C15H23N3O2/c1-15(2)9-12(7-8-20-15)17-13-6-5-11(10-16-13)14(19)18(3)4/h5-6,10,12H,7-9H2,1-4H3,(H,16,17). The summed E-state index contributed by atoms with van der Waals surface area (Å²) in [5, 5.41) is 3.42. The van der Waals surface area contributed by atoms with Gasteiger partial charge in [0.1, 0.15) is 5.82 Å². The lowest BCUT2D eigenvalue weighted by molar-refractivity contribution is -0.0553. The maximum atomic E-state index is 11.8. The van der Waals surface area contributed by atoms with Gasteiger partial charge in [-0.3, -0.25) is 4.79 Å². The van der Waals surface area contributed by atoms with E-state index in [2.05, 4.69) is 24.1 Å². The molecule has 1 amide bonds. The highest BCUT2D eigenvalue weighted by Gasteiger charge is 2.28. The summed E-state index contributed by atoms with van der Waals surface area (Å²) in [6.07, 6.45) is 3.55. The number of anilines is 1. The van der Waals surface area contributed by atoms with Crippen molar-refractivity contribution < 1.29 is 9.53 Å². The number of ether oxygens (including phenoxy) is 1. The molecular formula is C15H23N3O2. The summed E-state index contributed by atoms with van der Waals surface area (Å²) >= 11 is 0. The molecule has 1 aliphatic rings. The van der Waals surface area contributed by atoms with Crippen LogP contribution in [0, 0.1) is 0 Å². The van der Waals surface area contributed by atoms with Crippen molar-refractivity contribution in [2.45, 2.75) is 38.3 Å². The molecule has 1 aromatic heterocycles. The fourth-order valence-corrected chi connectivity index (χ4v) is 2.43. The van der Waals surface area contributed by atoms with Crippen LogP contribution >= 0.6 is 0 Å². The first kappa shape index (κ1) is 14.8. The predicted molar refractivity (Wildman–Crippen MR) is 78.9 cm³/mol. The number of hydrogen-bond acceptors (Lipinski definition) is 4. The van der Waals surface area contributed by atoms with Crippen molar-refractivity contribution in [3.05, 3.63) is 23.9 Å². The molecule has 20 heavy (non-hydrogen) atoms. The summed E-state index contributed by atoms with van der Waals surface area (Å²) in [7, 11) is 3.47. The molecule has 0 bridgehead atoms. The Kier molecular flexibility index (Phi) is 4.28. The minimum Gasteiger partial charge on any atom is -0.375 e. The second-order valence-corrected chi connectivity index (χ2v) is 6.07. The number of carbonyl (C=O) groups excluding carboxylic acids is 1. The zero-order chi connectivity index (χ0) is 14.8. The molecule has 1 fully saturated rings. The molecule has 1 atom stereocenters. The molecular weight excluding hydrogens is 254 g/mol. The Morgan fingerprint density at radius 1 is 1.45 bits per heavy atom. The van der Waals surface area contributed by atoms with E-state index >= 15 is 0 Å². The summed E-state index contributed by atoms with van der Waals surface area (Å²) in [6, 6.07) is 4.03. The summed E-state index contributed by atoms with van der Waals surface area (Å²) in [4.78, 5) is 17.7. The van der Waals surface area contributed by atoms with Gasteiger partial charge in [0.05, 0.1) is 11.2 Å². The van der Waals surface area contributed by atoms with E-state index in [1.807, 2.05) is 12.1 Å². The van der Waals surface area contributed by atoms with Crippen LogP contribution in [0.2, 0.25) is 0 Å². The SMILES string of the molecule is CN(C)C(=O)c1ccc(NC2CCOC(C)(C)C2)nc1. The molecule has 1 aromatic rings. The minimum atomic E-state index is -0.0866. The Hall–Kier alpha value is -1.62. The average Bonchev–Trinajstić information content (AvgIpc) is 2.37. The Labute approximate surface area is 120 Å². The fourth-order valence-electron chi connectivity index (χ4n) is 2.43. The lowest BCUT2D eigenvalue weighted by atomic mass is 9.94. The third-order valence-electron chi connectivity index (χ3n) is 3.47. The van der Waals surface area contributed by atoms with Crippen molar-refractivity contribution in [2.75, 3.05) is 26.0 Å². The molecule has 0 spiro atoms. The number of hydrogen-bond donors (Lipinski definition) is 1. The normalized spacial score (nSPS) is 21.3. The van der Waals surface area contributed by atoms with Crippen LogP contribution in [0.15, 0.2) is 18.3 Å². The van der Waals surface area contributed by atoms with E-state index in [1.54, 1.807) is 25.2 Å². The second-order valence-electron chi connectivity index (χ2n) is 6.07. The molecule has 5 nitrogen and oxygen atoms in total. The van der Waals surface area contributed by atoms with Crippen LogP contribution in [0.1, 0.15) is 37.0 Å². The molecule has 1 N–H and O–H groups in total. The second kappa shape index (κ2) is 5.79. The van der Waals surface area contributed by atoms with E-state index in [-0.39, 0.29) is 11.5 Å². The zero-order valence-electron chi connectivity index (χ0n) is 12.6. The predicted octanol–water partition coefficient (Wildman–Crippen LogP) is 2.15. The summed E-state index contributed by atoms with van der Waals surface area (Å²) in [5.74, 6) is 0.777. The van der Waals surface area contributed by atoms with Crippen LogP contribution in [0.3, 0.4) is 0 Å². The molecule has 0 aromatic carbocycles. The van der Waals surface area contributed by atoms with Gasteiger partial charge in [0.25, 0.3) is 5.91 Å². The molecule has 0 radical (unpaired) electrons. The van der Waals surface area contributed by atoms with Gasteiger partial charge in [-0.2, -0.15) is 0 Å². The van der Waals surface area contributed by atoms with Gasteiger partial charge in [0.2, 0.25) is 0 Å². The number of carbonyl (C=O) groups is 1. The maximum absolute atomic E-state index is 11.8. The molecule has 2 rings (SSSR count). The van der Waals surface area contributed by atoms with Crippen molar-refractivity contribution in [2.24, 2.45) is 0 Å². The highest BCUT2D eigenvalue weighted by atomic mass is 16.5. The molecule has 0 saturated carbocycles. The summed E-state index contributed by atoms with van der Waals surface area (Å²) < 4.78 is 5.70. The van der Waals surface area contributed by atoms with Gasteiger partial charge in [-0.25, -0.2) is 4.98 Å². The first-order valence-corrected chi connectivity index (χ1v) is 6.95. The monoisotopic (exact) mass is 277 g/mol. The number of nitrogens with one attached hydrogen (secondary N) is 1. The first-order valence-electron chi connectivity index (χ1n) is 6.95. The van der Waals surface area contributed by atoms with Crippen LogP contribution in [-0.4, -0.2) is 48.1 Å². The van der Waals surface area contributed by atoms with Crippen LogP contribution in [0.4, 0.5) is 5.82 Å². The number of pyridine rings is 1. The third kappa shape index (κ3) is 3.70. The van der Waals surface area contributed by atoms with Gasteiger partial charge in [0, 0.05) is 32.9 Å². The molecule has 1 saturated heterocycles. The smallest absolute Gasteiger partial charge is 0.254 e. The molecule has 0 aliphatic carbocycles. The van der Waals surface area contributed by atoms with Gasteiger partial charge in [-0.05, 0) is 38.8 Å². The Morgan fingerprint density at radius 2 is 2.20 bits per heavy atom. The Bertz CT molecular complexity index is 469. The van der Waals surface area contributed by atoms with Gasteiger partial charge >= 0.3 is 0 Å². The molecule has 1 aliphatic heterocycles. The van der Waals surface area contributed by atoms with E-state index in [4.69, 9.17) is 4.74 Å². The van der Waals surface area contributed by atoms with E-state index in [0.717, 1.165) is 25.3 Å². The zero-order valence-corrected chi connectivity index (χ0v) is 12.6. The van der Waals surface area contributed by atoms with Crippen LogP contribution in [0.5, 0.6) is 0 Å². The molecule has 110 valence electrons. The lowest BCUT2D eigenvalue weighted by Crippen LogP contribution is -2.40. The van der Waals surface area contributed by atoms with Crippen molar-refractivity contribution >= 4 is 11.7 Å². The summed E-state index contributed by atoms with van der Waals surface area (Å²) in [6.45, 7) is 4.97. The van der Waals surface area contributed by atoms with Gasteiger partial charge < -0.3 is 15.0 Å². The van der Waals surface area contributed by atoms with E-state index in [1.165, 1.54) is 0 Å². The van der Waals surface area contributed by atoms with E-state index < -0.39 is 0 Å². The quantitative estimate of drug-likeness (QED) is 0.920. The van der Waals surface area contributed by atoms with Crippen molar-refractivity contribution in [1.29, 1.82) is 0 Å². The van der Waals surface area contributed by atoms with Crippen molar-refractivity contribution in [1.82, 2.24) is 9.88 Å². The first-order chi connectivity index (χ1) is 9.37. The molecule has 1 unspecified atom stereocenters. The van der Waals surface area contributed by atoms with E-state index in [0.29, 0.717) is 11.6 Å². The maximum Gasteiger partial charge on any atom is 0.254 e. The minimum absolute atomic E-state index is 0.0313. The topological polar surface area (TPSA) is 54.5 Å². The Balaban J connectivity index is 1.99. The van der Waals surface area contributed by atoms with Crippen molar-refractivity contribution in [3.8, 4) is 0 Å². The summed E-state index contributed by atoms with van der Waals surface area (Å²) in [5.41, 5.74) is 0.518. The third-order valence-corrected chi connectivity index (χ3v) is 3.47. The number of amides is 1.